The molecule has 0 N–H and O–H groups in total. The van der Waals surface area contributed by atoms with E-state index in [2.05, 4.69) is 93.7 Å². The van der Waals surface area contributed by atoms with E-state index >= 15 is 0 Å². The topological polar surface area (TPSA) is 0 Å². The minimum absolute atomic E-state index is 0.524. The van der Waals surface area contributed by atoms with Crippen molar-refractivity contribution in [3.8, 4) is 0 Å². The Balaban J connectivity index is 1.79. The van der Waals surface area contributed by atoms with Crippen molar-refractivity contribution in [1.29, 1.82) is 0 Å². The van der Waals surface area contributed by atoms with Gasteiger partial charge in [-0.3, -0.25) is 0 Å². The van der Waals surface area contributed by atoms with E-state index in [-0.39, 0.29) is 0 Å². The van der Waals surface area contributed by atoms with Gasteiger partial charge >= 0.3 is 176 Å². The van der Waals surface area contributed by atoms with Gasteiger partial charge < -0.3 is 0 Å². The fourth-order valence-corrected chi connectivity index (χ4v) is 11.7. The molecule has 2 aliphatic rings. The second kappa shape index (κ2) is 8.49. The molecule has 0 saturated carbocycles. The summed E-state index contributed by atoms with van der Waals surface area (Å²) < 4.78 is 1.82. The summed E-state index contributed by atoms with van der Waals surface area (Å²) in [6.45, 7) is 0.684. The van der Waals surface area contributed by atoms with E-state index in [4.69, 9.17) is 0 Å². The van der Waals surface area contributed by atoms with Crippen molar-refractivity contribution in [3.63, 3.8) is 0 Å². The molecule has 2 aromatic carbocycles. The van der Waals surface area contributed by atoms with Crippen molar-refractivity contribution in [1.82, 2.24) is 0 Å². The van der Waals surface area contributed by atoms with Gasteiger partial charge in [0.05, 0.1) is 0 Å². The zero-order chi connectivity index (χ0) is 19.6. The SMILES string of the molecule is [CH3][Sn]([CH3])([CH3])/[C](=C1\B(CCc2ccccc2)CCc2ccccc21)C1C=CC=C1. The monoisotopic (exact) mass is 474 g/mol. The molecule has 2 heteroatoms. The van der Waals surface area contributed by atoms with Crippen LogP contribution in [0, 0.1) is 5.92 Å². The number of rotatable bonds is 5. The number of hydrogen-bond donors (Lipinski definition) is 0. The van der Waals surface area contributed by atoms with Crippen LogP contribution in [0.15, 0.2) is 82.5 Å². The van der Waals surface area contributed by atoms with Crippen molar-refractivity contribution in [2.45, 2.75) is 40.3 Å². The molecule has 0 atom stereocenters. The van der Waals surface area contributed by atoms with E-state index in [0.717, 1.165) is 0 Å². The third kappa shape index (κ3) is 4.25. The summed E-state index contributed by atoms with van der Waals surface area (Å²) in [6, 6.07) is 20.3. The Hall–Kier alpha value is -1.48. The normalized spacial score (nSPS) is 18.5. The first kappa shape index (κ1) is 19.8. The van der Waals surface area contributed by atoms with Crippen molar-refractivity contribution >= 4 is 30.6 Å². The van der Waals surface area contributed by atoms with Crippen LogP contribution in [0.5, 0.6) is 0 Å². The Kier molecular flexibility index (Phi) is 6.01. The van der Waals surface area contributed by atoms with Gasteiger partial charge in [-0.25, -0.2) is 0 Å². The summed E-state index contributed by atoms with van der Waals surface area (Å²) in [5.41, 5.74) is 6.32. The molecule has 4 rings (SSSR count). The Morgan fingerprint density at radius 1 is 0.929 bits per heavy atom. The summed E-state index contributed by atoms with van der Waals surface area (Å²) in [5, 5.41) is 0. The molecule has 1 heterocycles. The molecule has 0 fully saturated rings. The van der Waals surface area contributed by atoms with E-state index < -0.39 is 18.4 Å². The molecule has 0 nitrogen and oxygen atoms in total. The summed E-state index contributed by atoms with van der Waals surface area (Å²) >= 11 is -2.31. The predicted molar refractivity (Wildman–Crippen MR) is 128 cm³/mol. The fourth-order valence-electron chi connectivity index (χ4n) is 5.04. The minimum atomic E-state index is -2.31. The first-order chi connectivity index (χ1) is 13.5. The Bertz CT molecular complexity index is 903. The Morgan fingerprint density at radius 2 is 1.61 bits per heavy atom. The third-order valence-electron chi connectivity index (χ3n) is 6.28. The van der Waals surface area contributed by atoms with Gasteiger partial charge in [0.1, 0.15) is 0 Å². The van der Waals surface area contributed by atoms with E-state index in [9.17, 15) is 0 Å². The zero-order valence-corrected chi connectivity index (χ0v) is 20.3. The number of aryl methyl sites for hydroxylation is 2. The summed E-state index contributed by atoms with van der Waals surface area (Å²) in [5.74, 6) is 0.524. The molecule has 0 amide bonds. The molecule has 0 radical (unpaired) electrons. The number of hydrogen-bond acceptors (Lipinski definition) is 0. The van der Waals surface area contributed by atoms with E-state index in [1.165, 1.54) is 31.0 Å². The van der Waals surface area contributed by atoms with Crippen molar-refractivity contribution in [3.05, 3.63) is 99.2 Å². The van der Waals surface area contributed by atoms with Crippen LogP contribution in [0.2, 0.25) is 27.5 Å². The maximum atomic E-state index is 2.60. The molecule has 0 aromatic heterocycles. The van der Waals surface area contributed by atoms with Gasteiger partial charge in [-0.05, 0) is 0 Å². The Labute approximate surface area is 175 Å². The number of fused-ring (bicyclic) bond motifs is 1. The van der Waals surface area contributed by atoms with Gasteiger partial charge in [0.2, 0.25) is 0 Å². The third-order valence-corrected chi connectivity index (χ3v) is 12.6. The second-order valence-corrected chi connectivity index (χ2v) is 23.7. The van der Waals surface area contributed by atoms with Crippen molar-refractivity contribution in [2.24, 2.45) is 5.92 Å². The standard InChI is InChI=1S/C23H22B.3CH3.Sn/c1-2-8-19(9-3-1)14-16-24-17-15-21-12-6-7-13-22(21)23(24)18-20-10-4-5-11-20;;;;/h1-13,20H,14-17H2;3*1H3;. The molecule has 28 heavy (non-hydrogen) atoms. The molecule has 0 saturated heterocycles. The van der Waals surface area contributed by atoms with E-state index in [1.807, 2.05) is 3.59 Å². The van der Waals surface area contributed by atoms with Gasteiger partial charge in [-0.2, -0.15) is 0 Å². The summed E-state index contributed by atoms with van der Waals surface area (Å²) in [6.07, 6.45) is 14.3. The average molecular weight is 473 g/mol. The molecule has 142 valence electrons. The first-order valence-electron chi connectivity index (χ1n) is 10.8. The molecule has 0 unspecified atom stereocenters. The van der Waals surface area contributed by atoms with Gasteiger partial charge in [0.25, 0.3) is 0 Å². The molecule has 1 aliphatic heterocycles. The van der Waals surface area contributed by atoms with Gasteiger partial charge in [0.15, 0.2) is 0 Å². The van der Waals surface area contributed by atoms with Gasteiger partial charge in [-0.1, -0.05) is 0 Å². The van der Waals surface area contributed by atoms with E-state index in [0.29, 0.717) is 12.6 Å². The van der Waals surface area contributed by atoms with Crippen molar-refractivity contribution in [2.75, 3.05) is 0 Å². The quantitative estimate of drug-likeness (QED) is 0.415. The van der Waals surface area contributed by atoms with Crippen LogP contribution in [-0.4, -0.2) is 25.1 Å². The Morgan fingerprint density at radius 3 is 2.32 bits per heavy atom. The van der Waals surface area contributed by atoms with Crippen LogP contribution in [0.1, 0.15) is 16.7 Å². The van der Waals surface area contributed by atoms with Crippen LogP contribution in [0.3, 0.4) is 0 Å². The molecule has 0 bridgehead atoms. The summed E-state index contributed by atoms with van der Waals surface area (Å²) in [4.78, 5) is 7.80. The number of benzene rings is 2. The molecule has 2 aromatic rings. The van der Waals surface area contributed by atoms with Crippen LogP contribution in [0.25, 0.3) is 5.47 Å². The molecule has 0 spiro atoms. The van der Waals surface area contributed by atoms with Crippen LogP contribution in [0.4, 0.5) is 0 Å². The zero-order valence-electron chi connectivity index (χ0n) is 17.5. The number of allylic oxidation sites excluding steroid dienone is 5. The van der Waals surface area contributed by atoms with Gasteiger partial charge in [0, 0.05) is 0 Å². The van der Waals surface area contributed by atoms with Crippen molar-refractivity contribution < 1.29 is 0 Å². The molecular weight excluding hydrogens is 442 g/mol. The van der Waals surface area contributed by atoms with E-state index in [1.54, 1.807) is 16.6 Å². The summed E-state index contributed by atoms with van der Waals surface area (Å²) in [7, 11) is 0. The average Bonchev–Trinajstić information content (AvgIpc) is 3.21. The predicted octanol–water partition coefficient (Wildman–Crippen LogP) is 6.89. The van der Waals surface area contributed by atoms with Crippen LogP contribution in [-0.2, 0) is 12.8 Å². The second-order valence-electron chi connectivity index (χ2n) is 9.29. The van der Waals surface area contributed by atoms with Gasteiger partial charge in [-0.15, -0.1) is 0 Å². The van der Waals surface area contributed by atoms with Crippen LogP contribution < -0.4 is 0 Å². The first-order valence-corrected chi connectivity index (χ1v) is 20.7. The van der Waals surface area contributed by atoms with Crippen LogP contribution >= 0.6 is 0 Å². The molecule has 1 aliphatic carbocycles. The molecular formula is C26H31BSn. The maximum absolute atomic E-state index is 2.60. The fraction of sp³-hybridized carbons (Fsp3) is 0.308.